The van der Waals surface area contributed by atoms with Gasteiger partial charge in [-0.05, 0) is 30.9 Å². The van der Waals surface area contributed by atoms with Crippen LogP contribution in [0.25, 0.3) is 11.2 Å². The number of halogens is 1. The molecule has 0 aromatic carbocycles. The van der Waals surface area contributed by atoms with Crippen LogP contribution in [0, 0.1) is 0 Å². The second-order valence-electron chi connectivity index (χ2n) is 4.20. The first kappa shape index (κ1) is 11.7. The van der Waals surface area contributed by atoms with Crippen LogP contribution in [-0.2, 0) is 4.74 Å². The van der Waals surface area contributed by atoms with Crippen LogP contribution in [-0.4, -0.2) is 39.3 Å². The minimum absolute atomic E-state index is 0.130. The van der Waals surface area contributed by atoms with Gasteiger partial charge >= 0.3 is 0 Å². The van der Waals surface area contributed by atoms with Gasteiger partial charge in [0.15, 0.2) is 5.65 Å². The third-order valence-electron chi connectivity index (χ3n) is 2.91. The molecule has 2 aromatic rings. The fourth-order valence-corrected chi connectivity index (χ4v) is 2.15. The Bertz CT molecular complexity index is 539. The Hall–Kier alpha value is -1.40. The van der Waals surface area contributed by atoms with Gasteiger partial charge in [-0.2, -0.15) is 9.97 Å². The lowest BCUT2D eigenvalue weighted by Crippen LogP contribution is -2.26. The summed E-state index contributed by atoms with van der Waals surface area (Å²) in [5.41, 5.74) is 1.17. The van der Waals surface area contributed by atoms with Crippen LogP contribution in [0.15, 0.2) is 6.33 Å². The number of imidazole rings is 1. The van der Waals surface area contributed by atoms with Crippen molar-refractivity contribution < 1.29 is 9.47 Å². The van der Waals surface area contributed by atoms with Crippen molar-refractivity contribution in [2.75, 3.05) is 13.2 Å². The molecule has 0 amide bonds. The Kier molecular flexibility index (Phi) is 3.29. The van der Waals surface area contributed by atoms with E-state index in [9.17, 15) is 0 Å². The number of aromatic nitrogens is 4. The van der Waals surface area contributed by atoms with Crippen LogP contribution in [0.2, 0.25) is 5.28 Å². The Morgan fingerprint density at radius 3 is 3.22 bits per heavy atom. The van der Waals surface area contributed by atoms with Gasteiger partial charge in [0, 0.05) is 6.61 Å². The minimum atomic E-state index is 0.130. The monoisotopic (exact) mass is 268 g/mol. The molecule has 3 rings (SSSR count). The molecule has 0 bridgehead atoms. The summed E-state index contributed by atoms with van der Waals surface area (Å²) in [5.74, 6) is 0.427. The van der Waals surface area contributed by atoms with Crippen molar-refractivity contribution in [1.29, 1.82) is 0 Å². The van der Waals surface area contributed by atoms with E-state index in [1.165, 1.54) is 6.42 Å². The lowest BCUT2D eigenvalue weighted by atomic mass is 10.1. The van der Waals surface area contributed by atoms with Crippen molar-refractivity contribution in [3.05, 3.63) is 11.6 Å². The summed E-state index contributed by atoms with van der Waals surface area (Å²) in [6, 6.07) is 0. The highest BCUT2D eigenvalue weighted by Gasteiger charge is 2.16. The Balaban J connectivity index is 1.75. The first-order valence-electron chi connectivity index (χ1n) is 5.94. The molecule has 1 atom stereocenters. The normalized spacial score (nSPS) is 20.2. The zero-order valence-corrected chi connectivity index (χ0v) is 10.5. The maximum Gasteiger partial charge on any atom is 0.244 e. The molecule has 3 heterocycles. The summed E-state index contributed by atoms with van der Waals surface area (Å²) in [6.45, 7) is 1.28. The average molecular weight is 269 g/mol. The SMILES string of the molecule is Clc1nc(OCC2CCCCO2)c2[nH]cnc2n1. The second kappa shape index (κ2) is 5.07. The molecule has 2 aromatic heterocycles. The van der Waals surface area contributed by atoms with Crippen molar-refractivity contribution in [1.82, 2.24) is 19.9 Å². The average Bonchev–Trinajstić information content (AvgIpc) is 2.85. The van der Waals surface area contributed by atoms with E-state index in [4.69, 9.17) is 21.1 Å². The summed E-state index contributed by atoms with van der Waals surface area (Å²) in [5, 5.41) is 0.133. The van der Waals surface area contributed by atoms with Gasteiger partial charge in [-0.15, -0.1) is 0 Å². The van der Waals surface area contributed by atoms with E-state index in [0.29, 0.717) is 23.7 Å². The molecule has 1 aliphatic heterocycles. The molecule has 6 nitrogen and oxygen atoms in total. The van der Waals surface area contributed by atoms with Crippen LogP contribution in [0.4, 0.5) is 0 Å². The summed E-state index contributed by atoms with van der Waals surface area (Å²) < 4.78 is 11.3. The smallest absolute Gasteiger partial charge is 0.244 e. The van der Waals surface area contributed by atoms with E-state index in [0.717, 1.165) is 19.4 Å². The molecule has 0 aliphatic carbocycles. The number of H-pyrrole nitrogens is 1. The highest BCUT2D eigenvalue weighted by molar-refractivity contribution is 6.28. The lowest BCUT2D eigenvalue weighted by molar-refractivity contribution is -0.0116. The first-order valence-corrected chi connectivity index (χ1v) is 6.32. The molecule has 1 unspecified atom stereocenters. The van der Waals surface area contributed by atoms with Gasteiger partial charge in [0.2, 0.25) is 11.2 Å². The summed E-state index contributed by atoms with van der Waals surface area (Å²) in [4.78, 5) is 15.0. The predicted octanol–water partition coefficient (Wildman–Crippen LogP) is 1.95. The van der Waals surface area contributed by atoms with Gasteiger partial charge < -0.3 is 14.5 Å². The molecular weight excluding hydrogens is 256 g/mol. The summed E-state index contributed by atoms with van der Waals surface area (Å²) in [6.07, 6.45) is 4.99. The number of aromatic amines is 1. The Morgan fingerprint density at radius 2 is 2.39 bits per heavy atom. The van der Waals surface area contributed by atoms with Crippen LogP contribution < -0.4 is 4.74 Å². The molecule has 96 valence electrons. The molecule has 0 radical (unpaired) electrons. The number of fused-ring (bicyclic) bond motifs is 1. The predicted molar refractivity (Wildman–Crippen MR) is 65.8 cm³/mol. The maximum absolute atomic E-state index is 5.81. The maximum atomic E-state index is 5.81. The van der Waals surface area contributed by atoms with E-state index < -0.39 is 0 Å². The lowest BCUT2D eigenvalue weighted by Gasteiger charge is -2.22. The van der Waals surface area contributed by atoms with E-state index in [1.54, 1.807) is 6.33 Å². The van der Waals surface area contributed by atoms with Gasteiger partial charge in [0.05, 0.1) is 12.4 Å². The highest BCUT2D eigenvalue weighted by Crippen LogP contribution is 2.22. The van der Waals surface area contributed by atoms with Gasteiger partial charge in [-0.25, -0.2) is 4.98 Å². The minimum Gasteiger partial charge on any atom is -0.473 e. The molecular formula is C11H13ClN4O2. The Morgan fingerprint density at radius 1 is 1.44 bits per heavy atom. The van der Waals surface area contributed by atoms with Crippen molar-refractivity contribution in [3.8, 4) is 5.88 Å². The van der Waals surface area contributed by atoms with Crippen LogP contribution >= 0.6 is 11.6 Å². The number of nitrogens with zero attached hydrogens (tertiary/aromatic N) is 3. The van der Waals surface area contributed by atoms with Gasteiger partial charge in [0.25, 0.3) is 0 Å². The zero-order valence-electron chi connectivity index (χ0n) is 9.73. The van der Waals surface area contributed by atoms with Gasteiger partial charge in [-0.3, -0.25) is 0 Å². The van der Waals surface area contributed by atoms with Crippen LogP contribution in [0.1, 0.15) is 19.3 Å². The van der Waals surface area contributed by atoms with Crippen molar-refractivity contribution >= 4 is 22.8 Å². The van der Waals surface area contributed by atoms with Crippen molar-refractivity contribution in [2.24, 2.45) is 0 Å². The quantitative estimate of drug-likeness (QED) is 0.862. The molecule has 1 saturated heterocycles. The third-order valence-corrected chi connectivity index (χ3v) is 3.07. The van der Waals surface area contributed by atoms with Crippen molar-refractivity contribution in [2.45, 2.75) is 25.4 Å². The zero-order chi connectivity index (χ0) is 12.4. The fourth-order valence-electron chi connectivity index (χ4n) is 2.00. The highest BCUT2D eigenvalue weighted by atomic mass is 35.5. The molecule has 18 heavy (non-hydrogen) atoms. The number of hydrogen-bond donors (Lipinski definition) is 1. The van der Waals surface area contributed by atoms with Crippen LogP contribution in [0.5, 0.6) is 5.88 Å². The topological polar surface area (TPSA) is 72.9 Å². The van der Waals surface area contributed by atoms with Crippen molar-refractivity contribution in [3.63, 3.8) is 0 Å². The van der Waals surface area contributed by atoms with Gasteiger partial charge in [-0.1, -0.05) is 0 Å². The molecule has 0 saturated carbocycles. The Labute approximate surface area is 109 Å². The second-order valence-corrected chi connectivity index (χ2v) is 4.54. The number of ether oxygens (including phenoxy) is 2. The standard InChI is InChI=1S/C11H13ClN4O2/c12-11-15-9-8(13-6-14-9)10(16-11)18-5-7-3-1-2-4-17-7/h6-7H,1-5H2,(H,13,14,15,16). The number of nitrogens with one attached hydrogen (secondary N) is 1. The summed E-state index contributed by atoms with van der Waals surface area (Å²) >= 11 is 5.81. The van der Waals surface area contributed by atoms with E-state index >= 15 is 0 Å². The molecule has 1 aliphatic rings. The third kappa shape index (κ3) is 2.39. The number of hydrogen-bond acceptors (Lipinski definition) is 5. The molecule has 1 N–H and O–H groups in total. The fraction of sp³-hybridized carbons (Fsp3) is 0.545. The van der Waals surface area contributed by atoms with E-state index in [-0.39, 0.29) is 11.4 Å². The van der Waals surface area contributed by atoms with E-state index in [1.807, 2.05) is 0 Å². The molecule has 0 spiro atoms. The summed E-state index contributed by atoms with van der Waals surface area (Å²) in [7, 11) is 0. The first-order chi connectivity index (χ1) is 8.83. The van der Waals surface area contributed by atoms with Gasteiger partial charge in [0.1, 0.15) is 12.1 Å². The molecule has 1 fully saturated rings. The molecule has 7 heteroatoms. The van der Waals surface area contributed by atoms with Crippen LogP contribution in [0.3, 0.4) is 0 Å². The largest absolute Gasteiger partial charge is 0.473 e. The van der Waals surface area contributed by atoms with E-state index in [2.05, 4.69) is 19.9 Å². The number of rotatable bonds is 3.